The molecule has 9 nitrogen and oxygen atoms in total. The lowest BCUT2D eigenvalue weighted by Crippen LogP contribution is -2.15. The van der Waals surface area contributed by atoms with Gasteiger partial charge in [0.15, 0.2) is 11.0 Å². The molecule has 2 heterocycles. The average molecular weight is 516 g/mol. The normalized spacial score (nSPS) is 10.7. The van der Waals surface area contributed by atoms with E-state index in [1.54, 1.807) is 6.92 Å². The highest BCUT2D eigenvalue weighted by molar-refractivity contribution is 7.99. The zero-order chi connectivity index (χ0) is 26.5. The van der Waals surface area contributed by atoms with Crippen molar-refractivity contribution in [3.05, 3.63) is 76.5 Å². The predicted octanol–water partition coefficient (Wildman–Crippen LogP) is 5.23. The predicted molar refractivity (Wildman–Crippen MR) is 140 cm³/mol. The molecule has 0 atom stereocenters. The molecule has 0 aliphatic heterocycles. The summed E-state index contributed by atoms with van der Waals surface area (Å²) in [6, 6.07) is 17.7. The van der Waals surface area contributed by atoms with Crippen molar-refractivity contribution in [3.63, 3.8) is 0 Å². The summed E-state index contributed by atoms with van der Waals surface area (Å²) in [5.41, 5.74) is 3.99. The Labute approximate surface area is 218 Å². The lowest BCUT2D eigenvalue weighted by atomic mass is 10.1. The minimum atomic E-state index is -0.676. The van der Waals surface area contributed by atoms with Crippen molar-refractivity contribution in [3.8, 4) is 23.1 Å². The molecule has 0 saturated carbocycles. The number of anilines is 1. The quantitative estimate of drug-likeness (QED) is 0.250. The van der Waals surface area contributed by atoms with Crippen LogP contribution in [0.5, 0.6) is 0 Å². The summed E-state index contributed by atoms with van der Waals surface area (Å²) in [5.74, 6) is -0.378. The van der Waals surface area contributed by atoms with Crippen LogP contribution in [0.1, 0.15) is 39.7 Å². The fourth-order valence-electron chi connectivity index (χ4n) is 3.72. The number of thioether (sulfide) groups is 1. The van der Waals surface area contributed by atoms with Crippen molar-refractivity contribution < 1.29 is 18.7 Å². The molecule has 0 fully saturated rings. The fraction of sp³-hybridized carbons (Fsp3) is 0.222. The molecule has 0 unspecified atom stereocenters. The van der Waals surface area contributed by atoms with E-state index in [0.717, 1.165) is 22.4 Å². The molecular weight excluding hydrogens is 490 g/mol. The van der Waals surface area contributed by atoms with E-state index >= 15 is 0 Å². The molecule has 2 aromatic carbocycles. The molecule has 4 aromatic rings. The maximum Gasteiger partial charge on any atom is 0.343 e. The van der Waals surface area contributed by atoms with Gasteiger partial charge in [-0.2, -0.15) is 5.26 Å². The molecule has 4 rings (SSSR count). The molecule has 1 amide bonds. The highest BCUT2D eigenvalue weighted by Crippen LogP contribution is 2.30. The number of carbonyl (C=O) groups is 2. The largest absolute Gasteiger partial charge is 0.462 e. The fourth-order valence-corrected chi connectivity index (χ4v) is 4.47. The van der Waals surface area contributed by atoms with Crippen molar-refractivity contribution in [1.29, 1.82) is 5.26 Å². The van der Waals surface area contributed by atoms with E-state index in [-0.39, 0.29) is 35.1 Å². The van der Waals surface area contributed by atoms with Gasteiger partial charge in [-0.25, -0.2) is 4.79 Å². The van der Waals surface area contributed by atoms with E-state index in [1.807, 2.05) is 66.9 Å². The van der Waals surface area contributed by atoms with Crippen LogP contribution < -0.4 is 5.32 Å². The molecule has 0 aliphatic rings. The van der Waals surface area contributed by atoms with Gasteiger partial charge in [-0.1, -0.05) is 48.2 Å². The van der Waals surface area contributed by atoms with Crippen LogP contribution in [0.15, 0.2) is 58.1 Å². The number of ether oxygens (including phenoxy) is 1. The number of nitrogens with zero attached hydrogens (tertiary/aromatic N) is 4. The molecule has 0 radical (unpaired) electrons. The Kier molecular flexibility index (Phi) is 7.74. The Balaban J connectivity index is 1.59. The molecule has 10 heteroatoms. The number of nitriles is 1. The van der Waals surface area contributed by atoms with Gasteiger partial charge in [0.25, 0.3) is 0 Å². The minimum Gasteiger partial charge on any atom is -0.462 e. The summed E-state index contributed by atoms with van der Waals surface area (Å²) in [5, 5.41) is 21.4. The summed E-state index contributed by atoms with van der Waals surface area (Å²) in [6.07, 6.45) is 0. The van der Waals surface area contributed by atoms with Crippen molar-refractivity contribution in [2.24, 2.45) is 0 Å². The molecule has 0 bridgehead atoms. The van der Waals surface area contributed by atoms with Gasteiger partial charge in [-0.3, -0.25) is 14.7 Å². The smallest absolute Gasteiger partial charge is 0.343 e. The van der Waals surface area contributed by atoms with E-state index in [1.165, 1.54) is 18.7 Å². The Morgan fingerprint density at radius 1 is 1.11 bits per heavy atom. The number of amides is 1. The van der Waals surface area contributed by atoms with E-state index in [4.69, 9.17) is 9.15 Å². The molecule has 0 saturated heterocycles. The van der Waals surface area contributed by atoms with Gasteiger partial charge in [0.1, 0.15) is 23.0 Å². The van der Waals surface area contributed by atoms with Crippen LogP contribution in [0.4, 0.5) is 5.88 Å². The maximum absolute atomic E-state index is 12.8. The van der Waals surface area contributed by atoms with Gasteiger partial charge in [-0.15, -0.1) is 10.2 Å². The number of esters is 1. The number of nitrogens with one attached hydrogen (secondary N) is 1. The monoisotopic (exact) mass is 515 g/mol. The summed E-state index contributed by atoms with van der Waals surface area (Å²) < 4.78 is 12.4. The average Bonchev–Trinajstić information content (AvgIpc) is 3.45. The first-order valence-electron chi connectivity index (χ1n) is 11.6. The van der Waals surface area contributed by atoms with Crippen molar-refractivity contribution in [1.82, 2.24) is 14.8 Å². The van der Waals surface area contributed by atoms with Crippen LogP contribution in [0.3, 0.4) is 0 Å². The van der Waals surface area contributed by atoms with Crippen LogP contribution in [0.2, 0.25) is 0 Å². The van der Waals surface area contributed by atoms with Gasteiger partial charge in [0, 0.05) is 5.56 Å². The molecule has 2 aromatic heterocycles. The van der Waals surface area contributed by atoms with Crippen molar-refractivity contribution in [2.45, 2.75) is 32.9 Å². The van der Waals surface area contributed by atoms with Crippen LogP contribution in [-0.2, 0) is 9.53 Å². The SMILES string of the molecule is CCOC(=O)c1c(C)oc(NC(=O)CSc2nnc(-c3ccccc3)n2-c2ccc(C)c(C)c2)c1C#N. The number of hydrogen-bond acceptors (Lipinski definition) is 8. The van der Waals surface area contributed by atoms with Crippen LogP contribution in [-0.4, -0.2) is 39.0 Å². The summed E-state index contributed by atoms with van der Waals surface area (Å²) in [4.78, 5) is 25.0. The zero-order valence-corrected chi connectivity index (χ0v) is 21.7. The summed E-state index contributed by atoms with van der Waals surface area (Å²) in [6.45, 7) is 7.43. The van der Waals surface area contributed by atoms with E-state index in [0.29, 0.717) is 11.0 Å². The number of aromatic nitrogens is 3. The standard InChI is InChI=1S/C27H25N5O4S/c1-5-35-26(34)23-18(4)36-25(21(23)14-28)29-22(33)15-37-27-31-30-24(19-9-7-6-8-10-19)32(27)20-12-11-16(2)17(3)13-20/h6-13H,5,15H2,1-4H3,(H,29,33). The minimum absolute atomic E-state index is 0.00860. The van der Waals surface area contributed by atoms with Crippen molar-refractivity contribution >= 4 is 29.5 Å². The van der Waals surface area contributed by atoms with Gasteiger partial charge in [-0.05, 0) is 51.0 Å². The zero-order valence-electron chi connectivity index (χ0n) is 20.9. The maximum atomic E-state index is 12.8. The van der Waals surface area contributed by atoms with Gasteiger partial charge in [0.05, 0.1) is 18.0 Å². The number of benzene rings is 2. The Morgan fingerprint density at radius 2 is 1.86 bits per heavy atom. The molecular formula is C27H25N5O4S. The molecule has 37 heavy (non-hydrogen) atoms. The third-order valence-electron chi connectivity index (χ3n) is 5.67. The van der Waals surface area contributed by atoms with Crippen LogP contribution in [0, 0.1) is 32.1 Å². The Bertz CT molecular complexity index is 1500. The summed E-state index contributed by atoms with van der Waals surface area (Å²) in [7, 11) is 0. The number of rotatable bonds is 8. The first kappa shape index (κ1) is 25.7. The second-order valence-corrected chi connectivity index (χ2v) is 9.13. The number of hydrogen-bond donors (Lipinski definition) is 1. The first-order valence-corrected chi connectivity index (χ1v) is 12.5. The van der Waals surface area contributed by atoms with Crippen LogP contribution >= 0.6 is 11.8 Å². The second kappa shape index (κ2) is 11.1. The highest BCUT2D eigenvalue weighted by atomic mass is 32.2. The molecule has 0 aliphatic carbocycles. The Hall–Kier alpha value is -4.36. The third kappa shape index (κ3) is 5.42. The lowest BCUT2D eigenvalue weighted by Gasteiger charge is -2.12. The van der Waals surface area contributed by atoms with Crippen LogP contribution in [0.25, 0.3) is 17.1 Å². The van der Waals surface area contributed by atoms with E-state index < -0.39 is 11.9 Å². The van der Waals surface area contributed by atoms with Crippen molar-refractivity contribution in [2.75, 3.05) is 17.7 Å². The highest BCUT2D eigenvalue weighted by Gasteiger charge is 2.26. The second-order valence-electron chi connectivity index (χ2n) is 8.18. The number of aryl methyl sites for hydroxylation is 3. The number of carbonyl (C=O) groups excluding carboxylic acids is 2. The molecule has 1 N–H and O–H groups in total. The molecule has 0 spiro atoms. The van der Waals surface area contributed by atoms with Gasteiger partial charge < -0.3 is 9.15 Å². The number of furan rings is 1. The summed E-state index contributed by atoms with van der Waals surface area (Å²) >= 11 is 1.19. The van der Waals surface area contributed by atoms with E-state index in [9.17, 15) is 14.9 Å². The van der Waals surface area contributed by atoms with Gasteiger partial charge >= 0.3 is 5.97 Å². The molecule has 188 valence electrons. The van der Waals surface area contributed by atoms with Gasteiger partial charge in [0.2, 0.25) is 11.8 Å². The van der Waals surface area contributed by atoms with E-state index in [2.05, 4.69) is 21.6 Å². The topological polar surface area (TPSA) is 123 Å². The Morgan fingerprint density at radius 3 is 2.54 bits per heavy atom. The lowest BCUT2D eigenvalue weighted by molar-refractivity contribution is -0.113. The third-order valence-corrected chi connectivity index (χ3v) is 6.60. The first-order chi connectivity index (χ1) is 17.8.